The SMILES string of the molecule is COC1CCNCC1N(C(=O)O)C(C)(C)C. The molecular weight excluding hydrogens is 208 g/mol. The molecule has 2 unspecified atom stereocenters. The zero-order valence-corrected chi connectivity index (χ0v) is 10.5. The standard InChI is InChI=1S/C11H22N2O3/c1-11(2,3)13(10(14)15)8-7-12-6-5-9(8)16-4/h8-9,12H,5-7H2,1-4H3,(H,14,15). The van der Waals surface area contributed by atoms with Crippen molar-refractivity contribution in [2.45, 2.75) is 44.9 Å². The number of carbonyl (C=O) groups is 1. The molecule has 5 nitrogen and oxygen atoms in total. The maximum Gasteiger partial charge on any atom is 0.408 e. The molecule has 1 rings (SSSR count). The normalized spacial score (nSPS) is 26.5. The summed E-state index contributed by atoms with van der Waals surface area (Å²) in [6.45, 7) is 7.25. The van der Waals surface area contributed by atoms with Crippen molar-refractivity contribution >= 4 is 6.09 Å². The van der Waals surface area contributed by atoms with Crippen LogP contribution < -0.4 is 5.32 Å². The number of hydrogen-bond donors (Lipinski definition) is 2. The molecule has 2 N–H and O–H groups in total. The van der Waals surface area contributed by atoms with Gasteiger partial charge in [0.1, 0.15) is 0 Å². The van der Waals surface area contributed by atoms with Gasteiger partial charge in [0.2, 0.25) is 0 Å². The van der Waals surface area contributed by atoms with Crippen molar-refractivity contribution in [2.75, 3.05) is 20.2 Å². The lowest BCUT2D eigenvalue weighted by Crippen LogP contribution is -2.61. The predicted octanol–water partition coefficient (Wildman–Crippen LogP) is 1.14. The molecule has 0 aromatic rings. The van der Waals surface area contributed by atoms with E-state index in [1.165, 1.54) is 4.90 Å². The molecule has 0 aromatic heterocycles. The summed E-state index contributed by atoms with van der Waals surface area (Å²) in [5.41, 5.74) is -0.410. The van der Waals surface area contributed by atoms with Crippen LogP contribution in [0.5, 0.6) is 0 Å². The molecule has 1 fully saturated rings. The topological polar surface area (TPSA) is 61.8 Å². The van der Waals surface area contributed by atoms with Crippen molar-refractivity contribution in [3.05, 3.63) is 0 Å². The summed E-state index contributed by atoms with van der Waals surface area (Å²) < 4.78 is 5.39. The molecule has 0 bridgehead atoms. The number of nitrogens with one attached hydrogen (secondary N) is 1. The Bertz CT molecular complexity index is 250. The monoisotopic (exact) mass is 230 g/mol. The Morgan fingerprint density at radius 1 is 1.50 bits per heavy atom. The third kappa shape index (κ3) is 2.86. The second kappa shape index (κ2) is 5.01. The average molecular weight is 230 g/mol. The zero-order valence-electron chi connectivity index (χ0n) is 10.5. The van der Waals surface area contributed by atoms with Gasteiger partial charge < -0.3 is 15.2 Å². The van der Waals surface area contributed by atoms with Crippen molar-refractivity contribution in [1.29, 1.82) is 0 Å². The van der Waals surface area contributed by atoms with Crippen LogP contribution in [0.2, 0.25) is 0 Å². The lowest BCUT2D eigenvalue weighted by Gasteiger charge is -2.44. The van der Waals surface area contributed by atoms with Crippen molar-refractivity contribution in [3.8, 4) is 0 Å². The van der Waals surface area contributed by atoms with Crippen molar-refractivity contribution in [2.24, 2.45) is 0 Å². The molecule has 1 saturated heterocycles. The first-order chi connectivity index (χ1) is 7.38. The average Bonchev–Trinajstić information content (AvgIpc) is 2.15. The van der Waals surface area contributed by atoms with Crippen LogP contribution >= 0.6 is 0 Å². The van der Waals surface area contributed by atoms with Gasteiger partial charge in [-0.3, -0.25) is 4.90 Å². The molecule has 0 spiro atoms. The molecular formula is C11H22N2O3. The number of piperidine rings is 1. The summed E-state index contributed by atoms with van der Waals surface area (Å²) in [6.07, 6.45) is -0.0547. The maximum absolute atomic E-state index is 11.3. The fraction of sp³-hybridized carbons (Fsp3) is 0.909. The van der Waals surface area contributed by atoms with E-state index in [1.54, 1.807) is 7.11 Å². The van der Waals surface area contributed by atoms with E-state index in [4.69, 9.17) is 4.74 Å². The van der Waals surface area contributed by atoms with Crippen LogP contribution in [0.4, 0.5) is 4.79 Å². The van der Waals surface area contributed by atoms with Gasteiger partial charge in [0, 0.05) is 19.2 Å². The molecule has 1 aliphatic rings. The summed E-state index contributed by atoms with van der Waals surface area (Å²) in [5, 5.41) is 12.5. The Morgan fingerprint density at radius 3 is 2.56 bits per heavy atom. The first kappa shape index (κ1) is 13.3. The Morgan fingerprint density at radius 2 is 2.12 bits per heavy atom. The molecule has 16 heavy (non-hydrogen) atoms. The maximum atomic E-state index is 11.3. The largest absolute Gasteiger partial charge is 0.465 e. The zero-order chi connectivity index (χ0) is 12.3. The molecule has 0 radical (unpaired) electrons. The highest BCUT2D eigenvalue weighted by molar-refractivity contribution is 5.66. The first-order valence-electron chi connectivity index (χ1n) is 5.63. The molecule has 94 valence electrons. The van der Waals surface area contributed by atoms with Crippen LogP contribution in [0.3, 0.4) is 0 Å². The predicted molar refractivity (Wildman–Crippen MR) is 61.7 cm³/mol. The highest BCUT2D eigenvalue weighted by atomic mass is 16.5. The number of nitrogens with zero attached hydrogens (tertiary/aromatic N) is 1. The van der Waals surface area contributed by atoms with Gasteiger partial charge in [-0.25, -0.2) is 4.79 Å². The summed E-state index contributed by atoms with van der Waals surface area (Å²) in [5.74, 6) is 0. The second-order valence-corrected chi connectivity index (χ2v) is 5.16. The van der Waals surface area contributed by atoms with Crippen LogP contribution in [-0.2, 0) is 4.74 Å². The van der Waals surface area contributed by atoms with Crippen molar-refractivity contribution in [3.63, 3.8) is 0 Å². The molecule has 0 aromatic carbocycles. The molecule has 1 aliphatic heterocycles. The van der Waals surface area contributed by atoms with E-state index in [0.29, 0.717) is 6.54 Å². The van der Waals surface area contributed by atoms with Gasteiger partial charge in [-0.05, 0) is 33.7 Å². The lowest BCUT2D eigenvalue weighted by atomic mass is 9.96. The highest BCUT2D eigenvalue weighted by Gasteiger charge is 2.38. The molecule has 2 atom stereocenters. The van der Waals surface area contributed by atoms with E-state index < -0.39 is 11.6 Å². The number of carboxylic acid groups (broad SMARTS) is 1. The van der Waals surface area contributed by atoms with E-state index in [9.17, 15) is 9.90 Å². The summed E-state index contributed by atoms with van der Waals surface area (Å²) in [4.78, 5) is 12.8. The van der Waals surface area contributed by atoms with Crippen LogP contribution in [0.1, 0.15) is 27.2 Å². The first-order valence-corrected chi connectivity index (χ1v) is 5.63. The summed E-state index contributed by atoms with van der Waals surface area (Å²) in [7, 11) is 1.64. The second-order valence-electron chi connectivity index (χ2n) is 5.16. The van der Waals surface area contributed by atoms with E-state index in [1.807, 2.05) is 20.8 Å². The Kier molecular flexibility index (Phi) is 4.15. The number of amides is 1. The Hall–Kier alpha value is -0.810. The van der Waals surface area contributed by atoms with Crippen LogP contribution in [0, 0.1) is 0 Å². The fourth-order valence-corrected chi connectivity index (χ4v) is 2.28. The number of ether oxygens (including phenoxy) is 1. The van der Waals surface area contributed by atoms with Crippen LogP contribution in [0.25, 0.3) is 0 Å². The smallest absolute Gasteiger partial charge is 0.408 e. The van der Waals surface area contributed by atoms with Crippen LogP contribution in [-0.4, -0.2) is 54.0 Å². The van der Waals surface area contributed by atoms with Gasteiger partial charge >= 0.3 is 6.09 Å². The third-order valence-corrected chi connectivity index (χ3v) is 2.95. The number of hydrogen-bond acceptors (Lipinski definition) is 3. The lowest BCUT2D eigenvalue weighted by molar-refractivity contribution is -0.0268. The van der Waals surface area contributed by atoms with Crippen molar-refractivity contribution < 1.29 is 14.6 Å². The third-order valence-electron chi connectivity index (χ3n) is 2.95. The fourth-order valence-electron chi connectivity index (χ4n) is 2.28. The van der Waals surface area contributed by atoms with E-state index in [-0.39, 0.29) is 12.1 Å². The molecule has 0 saturated carbocycles. The van der Waals surface area contributed by atoms with Gasteiger partial charge in [-0.2, -0.15) is 0 Å². The molecule has 0 aliphatic carbocycles. The Balaban J connectivity index is 2.87. The van der Waals surface area contributed by atoms with E-state index in [2.05, 4.69) is 5.32 Å². The quantitative estimate of drug-likeness (QED) is 0.747. The number of methoxy groups -OCH3 is 1. The van der Waals surface area contributed by atoms with Gasteiger partial charge in [0.25, 0.3) is 0 Å². The molecule has 1 heterocycles. The molecule has 1 amide bonds. The minimum Gasteiger partial charge on any atom is -0.465 e. The van der Waals surface area contributed by atoms with Gasteiger partial charge in [-0.15, -0.1) is 0 Å². The molecule has 5 heteroatoms. The highest BCUT2D eigenvalue weighted by Crippen LogP contribution is 2.23. The van der Waals surface area contributed by atoms with Crippen LogP contribution in [0.15, 0.2) is 0 Å². The summed E-state index contributed by atoms with van der Waals surface area (Å²) in [6, 6.07) is -0.115. The Labute approximate surface area is 96.8 Å². The minimum atomic E-state index is -0.886. The van der Waals surface area contributed by atoms with E-state index >= 15 is 0 Å². The van der Waals surface area contributed by atoms with Gasteiger partial charge in [0.05, 0.1) is 12.1 Å². The minimum absolute atomic E-state index is 0.0171. The van der Waals surface area contributed by atoms with E-state index in [0.717, 1.165) is 13.0 Å². The number of rotatable bonds is 2. The van der Waals surface area contributed by atoms with Gasteiger partial charge in [0.15, 0.2) is 0 Å². The van der Waals surface area contributed by atoms with Gasteiger partial charge in [-0.1, -0.05) is 0 Å². The summed E-state index contributed by atoms with van der Waals surface area (Å²) >= 11 is 0. The van der Waals surface area contributed by atoms with Crippen molar-refractivity contribution in [1.82, 2.24) is 10.2 Å².